The first-order valence-corrected chi connectivity index (χ1v) is 6.22. The van der Waals surface area contributed by atoms with Gasteiger partial charge in [-0.1, -0.05) is 26.7 Å². The Morgan fingerprint density at radius 3 is 2.47 bits per heavy atom. The van der Waals surface area contributed by atoms with Crippen molar-refractivity contribution in [3.63, 3.8) is 0 Å². The average molecular weight is 241 g/mol. The first-order valence-electron chi connectivity index (χ1n) is 6.22. The number of methoxy groups -OCH3 is 1. The van der Waals surface area contributed by atoms with Crippen molar-refractivity contribution in [3.8, 4) is 0 Å². The zero-order valence-corrected chi connectivity index (χ0v) is 10.9. The van der Waals surface area contributed by atoms with Gasteiger partial charge >= 0.3 is 5.97 Å². The molecule has 0 heterocycles. The molecule has 17 heavy (non-hydrogen) atoms. The van der Waals surface area contributed by atoms with E-state index in [0.717, 1.165) is 12.8 Å². The Morgan fingerprint density at radius 1 is 1.41 bits per heavy atom. The maximum atomic E-state index is 11.5. The van der Waals surface area contributed by atoms with Crippen molar-refractivity contribution in [2.75, 3.05) is 7.11 Å². The SMILES string of the molecule is COC(=O)C(NC(N)=NC1CCCC1)C(C)C. The van der Waals surface area contributed by atoms with Crippen molar-refractivity contribution in [3.05, 3.63) is 0 Å². The van der Waals surface area contributed by atoms with Gasteiger partial charge in [-0.25, -0.2) is 4.79 Å². The van der Waals surface area contributed by atoms with E-state index in [4.69, 9.17) is 10.5 Å². The quantitative estimate of drug-likeness (QED) is 0.438. The Labute approximate surface area is 103 Å². The molecule has 0 aliphatic heterocycles. The number of carbonyl (C=O) groups is 1. The number of rotatable bonds is 4. The third-order valence-corrected chi connectivity index (χ3v) is 3.07. The van der Waals surface area contributed by atoms with Crippen LogP contribution >= 0.6 is 0 Å². The number of hydrogen-bond acceptors (Lipinski definition) is 3. The Bertz CT molecular complexity index is 283. The lowest BCUT2D eigenvalue weighted by Gasteiger charge is -2.20. The van der Waals surface area contributed by atoms with E-state index in [-0.39, 0.29) is 11.9 Å². The molecule has 1 aliphatic carbocycles. The second-order valence-corrected chi connectivity index (χ2v) is 4.84. The van der Waals surface area contributed by atoms with Gasteiger partial charge in [0.25, 0.3) is 0 Å². The van der Waals surface area contributed by atoms with Crippen molar-refractivity contribution in [2.45, 2.75) is 51.6 Å². The van der Waals surface area contributed by atoms with Gasteiger partial charge in [0.15, 0.2) is 5.96 Å². The van der Waals surface area contributed by atoms with Crippen molar-refractivity contribution >= 4 is 11.9 Å². The topological polar surface area (TPSA) is 76.7 Å². The lowest BCUT2D eigenvalue weighted by Crippen LogP contribution is -2.48. The van der Waals surface area contributed by atoms with Gasteiger partial charge in [-0.15, -0.1) is 0 Å². The van der Waals surface area contributed by atoms with Crippen molar-refractivity contribution in [1.82, 2.24) is 5.32 Å². The molecule has 0 bridgehead atoms. The fourth-order valence-corrected chi connectivity index (χ4v) is 2.05. The van der Waals surface area contributed by atoms with Crippen LogP contribution in [-0.4, -0.2) is 31.1 Å². The predicted molar refractivity (Wildman–Crippen MR) is 67.7 cm³/mol. The van der Waals surface area contributed by atoms with Crippen LogP contribution in [-0.2, 0) is 9.53 Å². The fraction of sp³-hybridized carbons (Fsp3) is 0.833. The third kappa shape index (κ3) is 4.24. The summed E-state index contributed by atoms with van der Waals surface area (Å²) in [5.74, 6) is 0.158. The maximum Gasteiger partial charge on any atom is 0.328 e. The Kier molecular flexibility index (Phi) is 5.25. The smallest absolute Gasteiger partial charge is 0.328 e. The standard InChI is InChI=1S/C12H23N3O2/c1-8(2)10(11(16)17-3)15-12(13)14-9-6-4-5-7-9/h8-10H,4-7H2,1-3H3,(H3,13,14,15). The molecule has 1 fully saturated rings. The molecule has 1 atom stereocenters. The monoisotopic (exact) mass is 241 g/mol. The summed E-state index contributed by atoms with van der Waals surface area (Å²) in [6.07, 6.45) is 4.61. The third-order valence-electron chi connectivity index (χ3n) is 3.07. The van der Waals surface area contributed by atoms with E-state index < -0.39 is 6.04 Å². The van der Waals surface area contributed by atoms with Crippen LogP contribution in [0.2, 0.25) is 0 Å². The Morgan fingerprint density at radius 2 is 2.00 bits per heavy atom. The second kappa shape index (κ2) is 6.47. The van der Waals surface area contributed by atoms with Crippen LogP contribution in [0.15, 0.2) is 4.99 Å². The minimum absolute atomic E-state index is 0.111. The number of esters is 1. The van der Waals surface area contributed by atoms with Gasteiger partial charge in [-0.3, -0.25) is 4.99 Å². The number of carbonyl (C=O) groups excluding carboxylic acids is 1. The van der Waals surface area contributed by atoms with Gasteiger partial charge in [0.1, 0.15) is 6.04 Å². The molecule has 98 valence electrons. The molecule has 1 unspecified atom stereocenters. The maximum absolute atomic E-state index is 11.5. The Hall–Kier alpha value is -1.26. The summed E-state index contributed by atoms with van der Waals surface area (Å²) in [7, 11) is 1.38. The van der Waals surface area contributed by atoms with E-state index in [2.05, 4.69) is 10.3 Å². The number of aliphatic imine (C=N–C) groups is 1. The van der Waals surface area contributed by atoms with E-state index in [1.54, 1.807) is 0 Å². The van der Waals surface area contributed by atoms with E-state index in [1.165, 1.54) is 20.0 Å². The van der Waals surface area contributed by atoms with Gasteiger partial charge < -0.3 is 15.8 Å². The molecule has 1 aliphatic rings. The molecule has 0 amide bonds. The van der Waals surface area contributed by atoms with E-state index >= 15 is 0 Å². The highest BCUT2D eigenvalue weighted by Gasteiger charge is 2.24. The van der Waals surface area contributed by atoms with Gasteiger partial charge in [-0.05, 0) is 18.8 Å². The molecule has 5 heteroatoms. The highest BCUT2D eigenvalue weighted by atomic mass is 16.5. The van der Waals surface area contributed by atoms with Crippen molar-refractivity contribution in [2.24, 2.45) is 16.6 Å². The van der Waals surface area contributed by atoms with E-state index in [9.17, 15) is 4.79 Å². The van der Waals surface area contributed by atoms with E-state index in [0.29, 0.717) is 12.0 Å². The summed E-state index contributed by atoms with van der Waals surface area (Å²) in [5, 5.41) is 2.95. The van der Waals surface area contributed by atoms with Crippen LogP contribution in [0.25, 0.3) is 0 Å². The fourth-order valence-electron chi connectivity index (χ4n) is 2.05. The molecule has 5 nitrogen and oxygen atoms in total. The summed E-state index contributed by atoms with van der Waals surface area (Å²) in [6, 6.07) is -0.113. The number of hydrogen-bond donors (Lipinski definition) is 2. The molecule has 1 rings (SSSR count). The van der Waals surface area contributed by atoms with Crippen LogP contribution in [0.5, 0.6) is 0 Å². The van der Waals surface area contributed by atoms with Crippen molar-refractivity contribution in [1.29, 1.82) is 0 Å². The number of ether oxygens (including phenoxy) is 1. The lowest BCUT2D eigenvalue weighted by molar-refractivity contribution is -0.143. The second-order valence-electron chi connectivity index (χ2n) is 4.84. The zero-order valence-electron chi connectivity index (χ0n) is 10.9. The van der Waals surface area contributed by atoms with Gasteiger partial charge in [-0.2, -0.15) is 0 Å². The van der Waals surface area contributed by atoms with Gasteiger partial charge in [0.05, 0.1) is 13.2 Å². The van der Waals surface area contributed by atoms with Crippen LogP contribution in [0.3, 0.4) is 0 Å². The first kappa shape index (κ1) is 13.8. The molecule has 3 N–H and O–H groups in total. The summed E-state index contributed by atoms with van der Waals surface area (Å²) < 4.78 is 4.73. The number of nitrogens with zero attached hydrogens (tertiary/aromatic N) is 1. The van der Waals surface area contributed by atoms with Gasteiger partial charge in [0, 0.05) is 0 Å². The molecule has 0 spiro atoms. The molecule has 0 radical (unpaired) electrons. The minimum Gasteiger partial charge on any atom is -0.467 e. The molecule has 1 saturated carbocycles. The highest BCUT2D eigenvalue weighted by Crippen LogP contribution is 2.20. The van der Waals surface area contributed by atoms with Crippen LogP contribution in [0.1, 0.15) is 39.5 Å². The lowest BCUT2D eigenvalue weighted by atomic mass is 10.1. The predicted octanol–water partition coefficient (Wildman–Crippen LogP) is 1.03. The van der Waals surface area contributed by atoms with Crippen molar-refractivity contribution < 1.29 is 9.53 Å². The average Bonchev–Trinajstić information content (AvgIpc) is 2.77. The first-order chi connectivity index (χ1) is 8.04. The van der Waals surface area contributed by atoms with Crippen LogP contribution < -0.4 is 11.1 Å². The molecule has 0 aromatic carbocycles. The molecule has 0 aromatic heterocycles. The number of guanidine groups is 1. The molecular formula is C12H23N3O2. The minimum atomic E-state index is -0.426. The molecular weight excluding hydrogens is 218 g/mol. The van der Waals surface area contributed by atoms with Gasteiger partial charge in [0.2, 0.25) is 0 Å². The van der Waals surface area contributed by atoms with Crippen LogP contribution in [0, 0.1) is 5.92 Å². The summed E-state index contributed by atoms with van der Waals surface area (Å²) in [6.45, 7) is 3.88. The van der Waals surface area contributed by atoms with E-state index in [1.807, 2.05) is 13.8 Å². The summed E-state index contributed by atoms with van der Waals surface area (Å²) >= 11 is 0. The van der Waals surface area contributed by atoms with Crippen LogP contribution in [0.4, 0.5) is 0 Å². The molecule has 0 aromatic rings. The number of nitrogens with one attached hydrogen (secondary N) is 1. The zero-order chi connectivity index (χ0) is 12.8. The summed E-state index contributed by atoms with van der Waals surface area (Å²) in [5.41, 5.74) is 5.82. The summed E-state index contributed by atoms with van der Waals surface area (Å²) in [4.78, 5) is 15.9. The highest BCUT2D eigenvalue weighted by molar-refractivity contribution is 5.85. The number of nitrogens with two attached hydrogens (primary N) is 1. The largest absolute Gasteiger partial charge is 0.467 e. The normalized spacial score (nSPS) is 19.4. The molecule has 0 saturated heterocycles. The Balaban J connectivity index is 2.56.